The molecule has 2 saturated heterocycles. The molecule has 0 aromatic rings. The number of nitrogens with zero attached hydrogens (tertiary/aromatic N) is 3. The van der Waals surface area contributed by atoms with E-state index in [-0.39, 0.29) is 11.4 Å². The Balaban J connectivity index is 2.37. The van der Waals surface area contributed by atoms with Gasteiger partial charge in [0.05, 0.1) is 24.5 Å². The van der Waals surface area contributed by atoms with Crippen molar-refractivity contribution < 1.29 is 45.8 Å². The Bertz CT molecular complexity index is 848. The number of fused-ring (bicyclic) bond motifs is 1. The summed E-state index contributed by atoms with van der Waals surface area (Å²) in [5.74, 6) is -6.64. The normalized spacial score (nSPS) is 23.3. The number of hydrogen-bond acceptors (Lipinski definition) is 6. The molecule has 0 aromatic heterocycles. The molecule has 2 amide bonds. The first-order valence-electron chi connectivity index (χ1n) is 11.2. The number of amides is 2. The molecule has 13 heteroatoms. The van der Waals surface area contributed by atoms with Crippen molar-refractivity contribution in [2.24, 2.45) is 5.41 Å². The van der Waals surface area contributed by atoms with Gasteiger partial charge < -0.3 is 9.47 Å². The van der Waals surface area contributed by atoms with Crippen molar-refractivity contribution in [2.45, 2.75) is 97.2 Å². The van der Waals surface area contributed by atoms with E-state index in [0.29, 0.717) is 9.91 Å². The zero-order valence-electron chi connectivity index (χ0n) is 21.3. The van der Waals surface area contributed by atoms with E-state index in [4.69, 9.17) is 9.47 Å². The van der Waals surface area contributed by atoms with Gasteiger partial charge in [0, 0.05) is 6.54 Å². The maximum Gasteiger partial charge on any atom is 0.472 e. The second-order valence-corrected chi connectivity index (χ2v) is 11.6. The summed E-state index contributed by atoms with van der Waals surface area (Å²) in [6.45, 7) is 10.1. The number of carbonyl (C=O) groups is 3. The summed E-state index contributed by atoms with van der Waals surface area (Å²) in [4.78, 5) is 38.0. The van der Waals surface area contributed by atoms with Crippen LogP contribution in [0.2, 0.25) is 0 Å². The van der Waals surface area contributed by atoms with Crippen LogP contribution in [-0.2, 0) is 19.1 Å². The van der Waals surface area contributed by atoms with E-state index in [2.05, 4.69) is 0 Å². The average molecular weight is 516 g/mol. The number of carbonyl (C=O) groups excluding carboxylic acids is 3. The lowest BCUT2D eigenvalue weighted by molar-refractivity contribution is -0.205. The maximum absolute atomic E-state index is 15.1. The van der Waals surface area contributed by atoms with Crippen molar-refractivity contribution in [3.05, 3.63) is 0 Å². The fraction of sp³-hybridized carbons (Fsp3) is 0.864. The minimum atomic E-state index is -5.33. The number of halogens is 5. The maximum atomic E-state index is 15.1. The molecule has 2 rings (SSSR count). The highest BCUT2D eigenvalue weighted by molar-refractivity contribution is 5.82. The number of hydrazine groups is 1. The third-order valence-corrected chi connectivity index (χ3v) is 5.59. The molecule has 0 radical (unpaired) electrons. The molecule has 2 aliphatic heterocycles. The van der Waals surface area contributed by atoms with Crippen molar-refractivity contribution in [1.82, 2.24) is 14.9 Å². The molecule has 2 fully saturated rings. The molecule has 2 heterocycles. The molecule has 0 aliphatic carbocycles. The fourth-order valence-corrected chi connectivity index (χ4v) is 3.98. The number of ether oxygens (including phenoxy) is 2. The Kier molecular flexibility index (Phi) is 7.50. The summed E-state index contributed by atoms with van der Waals surface area (Å²) in [6.07, 6.45) is -6.63. The van der Waals surface area contributed by atoms with Gasteiger partial charge in [-0.15, -0.1) is 0 Å². The summed E-state index contributed by atoms with van der Waals surface area (Å²) in [5.41, 5.74) is -3.11. The van der Waals surface area contributed by atoms with Crippen LogP contribution >= 0.6 is 0 Å². The SMILES string of the molecule is CC(C)(C)OC(=O)N1CC(F)(F)[C@@H]2[C@H]1CN(C(=O)C(F)(F)F)N2CCC(C)(C)C(=O)OC(C)(C)C. The molecule has 35 heavy (non-hydrogen) atoms. The van der Waals surface area contributed by atoms with Crippen LogP contribution in [0.15, 0.2) is 0 Å². The first-order chi connectivity index (χ1) is 15.5. The van der Waals surface area contributed by atoms with E-state index >= 15 is 8.78 Å². The predicted molar refractivity (Wildman–Crippen MR) is 114 cm³/mol. The number of alkyl halides is 5. The average Bonchev–Trinajstić information content (AvgIpc) is 3.11. The molecule has 2 atom stereocenters. The van der Waals surface area contributed by atoms with Crippen molar-refractivity contribution >= 4 is 18.0 Å². The minimum Gasteiger partial charge on any atom is -0.460 e. The van der Waals surface area contributed by atoms with Crippen LogP contribution in [0.25, 0.3) is 0 Å². The van der Waals surface area contributed by atoms with Crippen LogP contribution in [0.1, 0.15) is 61.8 Å². The Morgan fingerprint density at radius 2 is 1.43 bits per heavy atom. The Hall–Kier alpha value is -2.18. The molecule has 0 N–H and O–H groups in total. The number of esters is 1. The standard InChI is InChI=1S/C22H34F5N3O5/c1-18(2,3)34-16(32)20(7,8)9-10-29-14-13(11-30(29)15(31)22(25,26)27)28(12-21(14,23)24)17(33)35-19(4,5)6/h13-14H,9-12H2,1-8H3/t13-,14+/m1/s1. The van der Waals surface area contributed by atoms with Gasteiger partial charge in [0.15, 0.2) is 0 Å². The highest BCUT2D eigenvalue weighted by Crippen LogP contribution is 2.43. The third-order valence-electron chi connectivity index (χ3n) is 5.59. The van der Waals surface area contributed by atoms with Crippen molar-refractivity contribution in [1.29, 1.82) is 0 Å². The van der Waals surface area contributed by atoms with Crippen molar-refractivity contribution in [3.8, 4) is 0 Å². The molecular weight excluding hydrogens is 481 g/mol. The smallest absolute Gasteiger partial charge is 0.460 e. The monoisotopic (exact) mass is 515 g/mol. The van der Waals surface area contributed by atoms with Gasteiger partial charge in [-0.3, -0.25) is 19.5 Å². The van der Waals surface area contributed by atoms with Gasteiger partial charge in [-0.05, 0) is 61.8 Å². The Morgan fingerprint density at radius 1 is 0.914 bits per heavy atom. The van der Waals surface area contributed by atoms with Gasteiger partial charge in [-0.2, -0.15) is 13.2 Å². The fourth-order valence-electron chi connectivity index (χ4n) is 3.98. The van der Waals surface area contributed by atoms with E-state index in [1.165, 1.54) is 34.6 Å². The molecule has 2 aliphatic rings. The summed E-state index contributed by atoms with van der Waals surface area (Å²) < 4.78 is 80.7. The summed E-state index contributed by atoms with van der Waals surface area (Å²) in [6, 6.07) is -3.34. The van der Waals surface area contributed by atoms with Crippen molar-refractivity contribution in [2.75, 3.05) is 19.6 Å². The quantitative estimate of drug-likeness (QED) is 0.416. The van der Waals surface area contributed by atoms with Crippen LogP contribution < -0.4 is 0 Å². The lowest BCUT2D eigenvalue weighted by Crippen LogP contribution is -2.55. The van der Waals surface area contributed by atoms with Gasteiger partial charge in [0.1, 0.15) is 17.2 Å². The Morgan fingerprint density at radius 3 is 1.89 bits per heavy atom. The first kappa shape index (κ1) is 29.1. The lowest BCUT2D eigenvalue weighted by atomic mass is 9.89. The zero-order valence-corrected chi connectivity index (χ0v) is 21.3. The highest BCUT2D eigenvalue weighted by Gasteiger charge is 2.66. The van der Waals surface area contributed by atoms with E-state index < -0.39 is 78.4 Å². The van der Waals surface area contributed by atoms with Gasteiger partial charge in [-0.25, -0.2) is 18.6 Å². The summed E-state index contributed by atoms with van der Waals surface area (Å²) >= 11 is 0. The van der Waals surface area contributed by atoms with E-state index in [1.807, 2.05) is 0 Å². The molecule has 0 spiro atoms. The first-order valence-corrected chi connectivity index (χ1v) is 11.2. The molecular formula is C22H34F5N3O5. The number of likely N-dealkylation sites (tertiary alicyclic amines) is 1. The summed E-state index contributed by atoms with van der Waals surface area (Å²) in [5, 5.41) is 0.835. The van der Waals surface area contributed by atoms with Crippen LogP contribution in [0.3, 0.4) is 0 Å². The minimum absolute atomic E-state index is 0.185. The van der Waals surface area contributed by atoms with Crippen molar-refractivity contribution in [3.63, 3.8) is 0 Å². The largest absolute Gasteiger partial charge is 0.472 e. The molecule has 8 nitrogen and oxygen atoms in total. The zero-order chi connectivity index (χ0) is 27.4. The van der Waals surface area contributed by atoms with Gasteiger partial charge in [-0.1, -0.05) is 0 Å². The second-order valence-electron chi connectivity index (χ2n) is 11.6. The van der Waals surface area contributed by atoms with Crippen LogP contribution in [0.4, 0.5) is 26.7 Å². The second kappa shape index (κ2) is 9.04. The van der Waals surface area contributed by atoms with Crippen LogP contribution in [-0.4, -0.2) is 87.9 Å². The summed E-state index contributed by atoms with van der Waals surface area (Å²) in [7, 11) is 0. The van der Waals surface area contributed by atoms with E-state index in [1.54, 1.807) is 20.8 Å². The van der Waals surface area contributed by atoms with Gasteiger partial charge in [0.2, 0.25) is 0 Å². The molecule has 0 saturated carbocycles. The number of rotatable bonds is 4. The van der Waals surface area contributed by atoms with Gasteiger partial charge in [0.25, 0.3) is 5.92 Å². The van der Waals surface area contributed by atoms with Crippen LogP contribution in [0.5, 0.6) is 0 Å². The molecule has 202 valence electrons. The van der Waals surface area contributed by atoms with Gasteiger partial charge >= 0.3 is 24.1 Å². The third kappa shape index (κ3) is 6.73. The molecule has 0 bridgehead atoms. The van der Waals surface area contributed by atoms with E-state index in [0.717, 1.165) is 0 Å². The molecule has 0 aromatic carbocycles. The topological polar surface area (TPSA) is 79.4 Å². The lowest BCUT2D eigenvalue weighted by Gasteiger charge is -2.36. The highest BCUT2D eigenvalue weighted by atomic mass is 19.4. The molecule has 0 unspecified atom stereocenters. The Labute approximate surface area is 201 Å². The predicted octanol–water partition coefficient (Wildman–Crippen LogP) is 3.99. The van der Waals surface area contributed by atoms with Crippen LogP contribution in [0, 0.1) is 5.41 Å². The van der Waals surface area contributed by atoms with E-state index in [9.17, 15) is 27.6 Å². The number of hydrogen-bond donors (Lipinski definition) is 0.